The molecule has 0 saturated carbocycles. The molecule has 0 fully saturated rings. The maximum absolute atomic E-state index is 13.6. The molecule has 0 spiro atoms. The molecule has 0 aliphatic carbocycles. The molecule has 18 heavy (non-hydrogen) atoms. The lowest BCUT2D eigenvalue weighted by Crippen LogP contribution is -1.88. The summed E-state index contributed by atoms with van der Waals surface area (Å²) in [6.45, 7) is 0. The zero-order valence-corrected chi connectivity index (χ0v) is 9.91. The first kappa shape index (κ1) is 12.0. The fraction of sp³-hybridized carbons (Fsp3) is 0.0667. The summed E-state index contributed by atoms with van der Waals surface area (Å²) in [7, 11) is 1.49. The van der Waals surface area contributed by atoms with E-state index >= 15 is 0 Å². The number of anilines is 1. The minimum Gasteiger partial charge on any atom is -0.497 e. The highest BCUT2D eigenvalue weighted by atomic mass is 19.1. The Morgan fingerprint density at radius 2 is 1.94 bits per heavy atom. The Balaban J connectivity index is 2.30. The third-order valence-electron chi connectivity index (χ3n) is 2.40. The molecule has 0 aromatic heterocycles. The van der Waals surface area contributed by atoms with Gasteiger partial charge >= 0.3 is 0 Å². The van der Waals surface area contributed by atoms with E-state index in [1.54, 1.807) is 24.3 Å². The van der Waals surface area contributed by atoms with Crippen LogP contribution in [-0.2, 0) is 0 Å². The van der Waals surface area contributed by atoms with Crippen LogP contribution in [0.3, 0.4) is 0 Å². The second-order valence-corrected chi connectivity index (χ2v) is 3.72. The van der Waals surface area contributed by atoms with Crippen LogP contribution in [0.15, 0.2) is 42.5 Å². The molecule has 0 saturated heterocycles. The zero-order chi connectivity index (χ0) is 13.0. The summed E-state index contributed by atoms with van der Waals surface area (Å²) in [4.78, 5) is 0. The lowest BCUT2D eigenvalue weighted by molar-refractivity contribution is 0.411. The number of hydrogen-bond acceptors (Lipinski definition) is 2. The van der Waals surface area contributed by atoms with Crippen LogP contribution in [0.2, 0.25) is 0 Å². The number of ether oxygens (including phenoxy) is 1. The van der Waals surface area contributed by atoms with Gasteiger partial charge in [-0.1, -0.05) is 17.9 Å². The Morgan fingerprint density at radius 3 is 2.61 bits per heavy atom. The molecule has 0 aliphatic heterocycles. The number of benzene rings is 2. The van der Waals surface area contributed by atoms with Gasteiger partial charge in [0.05, 0.1) is 12.7 Å². The molecule has 2 nitrogen and oxygen atoms in total. The predicted molar refractivity (Wildman–Crippen MR) is 69.8 cm³/mol. The molecule has 0 bridgehead atoms. The van der Waals surface area contributed by atoms with Crippen LogP contribution >= 0.6 is 0 Å². The first-order chi connectivity index (χ1) is 8.69. The van der Waals surface area contributed by atoms with Crippen molar-refractivity contribution < 1.29 is 9.13 Å². The zero-order valence-electron chi connectivity index (χ0n) is 9.91. The van der Waals surface area contributed by atoms with Crippen LogP contribution in [0, 0.1) is 17.7 Å². The van der Waals surface area contributed by atoms with Crippen LogP contribution in [-0.4, -0.2) is 7.11 Å². The number of nitrogen functional groups attached to an aromatic ring is 1. The van der Waals surface area contributed by atoms with Crippen molar-refractivity contribution in [3.8, 4) is 17.6 Å². The minimum atomic E-state index is -0.397. The highest BCUT2D eigenvalue weighted by molar-refractivity contribution is 5.50. The summed E-state index contributed by atoms with van der Waals surface area (Å²) < 4.78 is 18.5. The number of halogens is 1. The van der Waals surface area contributed by atoms with E-state index in [4.69, 9.17) is 10.5 Å². The van der Waals surface area contributed by atoms with Crippen molar-refractivity contribution in [2.24, 2.45) is 0 Å². The second kappa shape index (κ2) is 5.24. The van der Waals surface area contributed by atoms with E-state index in [1.165, 1.54) is 13.2 Å². The average molecular weight is 241 g/mol. The predicted octanol–water partition coefficient (Wildman–Crippen LogP) is 2.82. The largest absolute Gasteiger partial charge is 0.497 e. The summed E-state index contributed by atoms with van der Waals surface area (Å²) in [5, 5.41) is 0. The lowest BCUT2D eigenvalue weighted by atomic mass is 10.1. The molecule has 90 valence electrons. The average Bonchev–Trinajstić information content (AvgIpc) is 2.37. The van der Waals surface area contributed by atoms with Gasteiger partial charge < -0.3 is 10.5 Å². The van der Waals surface area contributed by atoms with Gasteiger partial charge in [-0.25, -0.2) is 4.39 Å². The lowest BCUT2D eigenvalue weighted by Gasteiger charge is -2.00. The monoisotopic (exact) mass is 241 g/mol. The Bertz CT molecular complexity index is 626. The normalized spacial score (nSPS) is 9.44. The van der Waals surface area contributed by atoms with Crippen molar-refractivity contribution in [3.63, 3.8) is 0 Å². The van der Waals surface area contributed by atoms with E-state index in [-0.39, 0.29) is 0 Å². The Labute approximate surface area is 105 Å². The van der Waals surface area contributed by atoms with Crippen molar-refractivity contribution in [2.45, 2.75) is 0 Å². The molecule has 0 aliphatic rings. The molecule has 2 aromatic carbocycles. The van der Waals surface area contributed by atoms with Crippen LogP contribution in [0.4, 0.5) is 10.1 Å². The van der Waals surface area contributed by atoms with Gasteiger partial charge in [-0.2, -0.15) is 0 Å². The van der Waals surface area contributed by atoms with Gasteiger partial charge in [0, 0.05) is 17.3 Å². The molecular formula is C15H12FNO. The number of methoxy groups -OCH3 is 1. The maximum Gasteiger partial charge on any atom is 0.142 e. The molecule has 2 N–H and O–H groups in total. The first-order valence-corrected chi connectivity index (χ1v) is 5.40. The number of rotatable bonds is 1. The van der Waals surface area contributed by atoms with Gasteiger partial charge in [0.15, 0.2) is 0 Å². The number of nitrogens with two attached hydrogens (primary N) is 1. The molecular weight excluding hydrogens is 229 g/mol. The van der Waals surface area contributed by atoms with Gasteiger partial charge in [0.25, 0.3) is 0 Å². The van der Waals surface area contributed by atoms with E-state index in [1.807, 2.05) is 12.1 Å². The first-order valence-electron chi connectivity index (χ1n) is 5.40. The summed E-state index contributed by atoms with van der Waals surface area (Å²) in [5.41, 5.74) is 7.36. The van der Waals surface area contributed by atoms with Crippen molar-refractivity contribution in [3.05, 3.63) is 59.4 Å². The van der Waals surface area contributed by atoms with E-state index in [0.29, 0.717) is 17.0 Å². The number of hydrogen-bond donors (Lipinski definition) is 1. The van der Waals surface area contributed by atoms with Gasteiger partial charge in [-0.05, 0) is 30.3 Å². The highest BCUT2D eigenvalue weighted by Gasteiger charge is 2.00. The summed E-state index contributed by atoms with van der Waals surface area (Å²) in [6, 6.07) is 11.7. The third kappa shape index (κ3) is 2.80. The van der Waals surface area contributed by atoms with Crippen molar-refractivity contribution >= 4 is 5.69 Å². The molecule has 0 atom stereocenters. The Kier molecular flexibility index (Phi) is 3.49. The summed E-state index contributed by atoms with van der Waals surface area (Å²) >= 11 is 0. The summed E-state index contributed by atoms with van der Waals surface area (Å²) in [6.07, 6.45) is 0. The maximum atomic E-state index is 13.6. The highest BCUT2D eigenvalue weighted by Crippen LogP contribution is 2.15. The third-order valence-corrected chi connectivity index (χ3v) is 2.40. The van der Waals surface area contributed by atoms with Crippen molar-refractivity contribution in [1.29, 1.82) is 0 Å². The topological polar surface area (TPSA) is 35.2 Å². The van der Waals surface area contributed by atoms with Crippen molar-refractivity contribution in [2.75, 3.05) is 12.8 Å². The van der Waals surface area contributed by atoms with Crippen LogP contribution in [0.25, 0.3) is 0 Å². The molecule has 0 unspecified atom stereocenters. The molecule has 2 rings (SSSR count). The fourth-order valence-electron chi connectivity index (χ4n) is 1.48. The van der Waals surface area contributed by atoms with E-state index in [9.17, 15) is 4.39 Å². The van der Waals surface area contributed by atoms with Gasteiger partial charge in [0.1, 0.15) is 11.6 Å². The Morgan fingerprint density at radius 1 is 1.11 bits per heavy atom. The standard InChI is InChI=1S/C15H12FNO/c1-18-14-8-7-12(15(16)10-14)6-5-11-3-2-4-13(17)9-11/h2-4,7-10H,17H2,1H3. The summed E-state index contributed by atoms with van der Waals surface area (Å²) in [5.74, 6) is 5.72. The van der Waals surface area contributed by atoms with E-state index < -0.39 is 5.82 Å². The molecule has 0 amide bonds. The molecule has 3 heteroatoms. The second-order valence-electron chi connectivity index (χ2n) is 3.72. The van der Waals surface area contributed by atoms with Crippen LogP contribution < -0.4 is 10.5 Å². The molecule has 0 heterocycles. The van der Waals surface area contributed by atoms with Crippen LogP contribution in [0.1, 0.15) is 11.1 Å². The minimum absolute atomic E-state index is 0.332. The molecule has 0 radical (unpaired) electrons. The van der Waals surface area contributed by atoms with Crippen molar-refractivity contribution in [1.82, 2.24) is 0 Å². The van der Waals surface area contributed by atoms with Gasteiger partial charge in [-0.15, -0.1) is 0 Å². The SMILES string of the molecule is COc1ccc(C#Cc2cccc(N)c2)c(F)c1. The van der Waals surface area contributed by atoms with Gasteiger partial charge in [0.2, 0.25) is 0 Å². The molecule has 2 aromatic rings. The van der Waals surface area contributed by atoms with E-state index in [2.05, 4.69) is 11.8 Å². The van der Waals surface area contributed by atoms with E-state index in [0.717, 1.165) is 5.56 Å². The smallest absolute Gasteiger partial charge is 0.142 e. The van der Waals surface area contributed by atoms with Gasteiger partial charge in [-0.3, -0.25) is 0 Å². The fourth-order valence-corrected chi connectivity index (χ4v) is 1.48. The Hall–Kier alpha value is -2.47. The van der Waals surface area contributed by atoms with Crippen LogP contribution in [0.5, 0.6) is 5.75 Å². The quantitative estimate of drug-likeness (QED) is 0.615.